The SMILES string of the molecule is Cl.NCCC1CCC(CCCO[N+](=O)[O-])CC1. The molecule has 1 rings (SSSR count). The molecule has 0 unspecified atom stereocenters. The second kappa shape index (κ2) is 9.48. The maximum absolute atomic E-state index is 9.94. The first-order valence-corrected chi connectivity index (χ1v) is 6.19. The van der Waals surface area contributed by atoms with Crippen molar-refractivity contribution in [3.63, 3.8) is 0 Å². The molecule has 0 heterocycles. The molecule has 0 aliphatic heterocycles. The van der Waals surface area contributed by atoms with Gasteiger partial charge in [-0.25, -0.2) is 0 Å². The van der Waals surface area contributed by atoms with Crippen LogP contribution in [-0.2, 0) is 4.84 Å². The van der Waals surface area contributed by atoms with E-state index in [-0.39, 0.29) is 19.0 Å². The molecule has 0 aromatic heterocycles. The van der Waals surface area contributed by atoms with Crippen molar-refractivity contribution in [2.45, 2.75) is 44.9 Å². The highest BCUT2D eigenvalue weighted by molar-refractivity contribution is 5.85. The Morgan fingerprint density at radius 3 is 2.18 bits per heavy atom. The summed E-state index contributed by atoms with van der Waals surface area (Å²) in [5.41, 5.74) is 5.54. The van der Waals surface area contributed by atoms with Crippen molar-refractivity contribution in [3.8, 4) is 0 Å². The summed E-state index contributed by atoms with van der Waals surface area (Å²) in [7, 11) is 0. The lowest BCUT2D eigenvalue weighted by molar-refractivity contribution is -0.757. The summed E-state index contributed by atoms with van der Waals surface area (Å²) in [6, 6.07) is 0. The minimum atomic E-state index is -0.710. The highest BCUT2D eigenvalue weighted by atomic mass is 35.5. The second-order valence-electron chi connectivity index (χ2n) is 4.66. The zero-order valence-corrected chi connectivity index (χ0v) is 11.0. The van der Waals surface area contributed by atoms with Gasteiger partial charge in [-0.15, -0.1) is 22.5 Å². The Kier molecular flexibility index (Phi) is 9.17. The van der Waals surface area contributed by atoms with E-state index in [0.29, 0.717) is 0 Å². The molecule has 0 saturated heterocycles. The fraction of sp³-hybridized carbons (Fsp3) is 1.00. The average molecular weight is 267 g/mol. The minimum Gasteiger partial charge on any atom is -0.330 e. The lowest BCUT2D eigenvalue weighted by atomic mass is 9.79. The van der Waals surface area contributed by atoms with Gasteiger partial charge in [0.2, 0.25) is 0 Å². The fourth-order valence-electron chi connectivity index (χ4n) is 2.56. The molecule has 0 aromatic carbocycles. The van der Waals surface area contributed by atoms with Gasteiger partial charge >= 0.3 is 0 Å². The zero-order valence-electron chi connectivity index (χ0n) is 10.2. The topological polar surface area (TPSA) is 78.4 Å². The molecule has 0 spiro atoms. The van der Waals surface area contributed by atoms with Crippen molar-refractivity contribution >= 4 is 12.4 Å². The van der Waals surface area contributed by atoms with Gasteiger partial charge in [-0.2, -0.15) is 0 Å². The van der Waals surface area contributed by atoms with Crippen LogP contribution in [0.2, 0.25) is 0 Å². The van der Waals surface area contributed by atoms with Gasteiger partial charge in [0.25, 0.3) is 5.09 Å². The summed E-state index contributed by atoms with van der Waals surface area (Å²) < 4.78 is 0. The van der Waals surface area contributed by atoms with Gasteiger partial charge in [-0.1, -0.05) is 25.7 Å². The van der Waals surface area contributed by atoms with Crippen molar-refractivity contribution < 1.29 is 9.92 Å². The van der Waals surface area contributed by atoms with Crippen LogP contribution >= 0.6 is 12.4 Å². The number of rotatable bonds is 7. The van der Waals surface area contributed by atoms with Crippen LogP contribution in [0.1, 0.15) is 44.9 Å². The van der Waals surface area contributed by atoms with E-state index >= 15 is 0 Å². The summed E-state index contributed by atoms with van der Waals surface area (Å²) in [6.07, 6.45) is 8.07. The number of hydrogen-bond acceptors (Lipinski definition) is 4. The van der Waals surface area contributed by atoms with E-state index in [4.69, 9.17) is 5.73 Å². The molecular formula is C11H23ClN2O3. The van der Waals surface area contributed by atoms with Crippen molar-refractivity contribution in [3.05, 3.63) is 10.1 Å². The Morgan fingerprint density at radius 1 is 1.18 bits per heavy atom. The predicted molar refractivity (Wildman–Crippen MR) is 68.5 cm³/mol. The third kappa shape index (κ3) is 7.39. The average Bonchev–Trinajstić information content (AvgIpc) is 2.27. The Labute approximate surface area is 109 Å². The van der Waals surface area contributed by atoms with Crippen LogP contribution in [0.5, 0.6) is 0 Å². The highest BCUT2D eigenvalue weighted by Crippen LogP contribution is 2.32. The first-order chi connectivity index (χ1) is 7.72. The monoisotopic (exact) mass is 266 g/mol. The summed E-state index contributed by atoms with van der Waals surface area (Å²) in [5.74, 6) is 1.56. The van der Waals surface area contributed by atoms with Crippen LogP contribution in [0.25, 0.3) is 0 Å². The van der Waals surface area contributed by atoms with Gasteiger partial charge in [0.05, 0.1) is 6.61 Å². The van der Waals surface area contributed by atoms with Crippen LogP contribution < -0.4 is 5.73 Å². The normalized spacial score (nSPS) is 23.8. The summed E-state index contributed by atoms with van der Waals surface area (Å²) in [5, 5.41) is 9.23. The first kappa shape index (κ1) is 16.4. The van der Waals surface area contributed by atoms with E-state index in [9.17, 15) is 10.1 Å². The molecule has 102 valence electrons. The molecule has 1 aliphatic rings. The van der Waals surface area contributed by atoms with Gasteiger partial charge < -0.3 is 10.6 Å². The summed E-state index contributed by atoms with van der Waals surface area (Å²) in [4.78, 5) is 14.2. The van der Waals surface area contributed by atoms with E-state index in [0.717, 1.165) is 37.6 Å². The molecule has 0 bridgehead atoms. The predicted octanol–water partition coefficient (Wildman–Crippen LogP) is 2.55. The molecule has 1 fully saturated rings. The van der Waals surface area contributed by atoms with Crippen LogP contribution in [0.3, 0.4) is 0 Å². The second-order valence-corrected chi connectivity index (χ2v) is 4.66. The quantitative estimate of drug-likeness (QED) is 0.436. The molecule has 1 aliphatic carbocycles. The molecule has 17 heavy (non-hydrogen) atoms. The molecule has 2 N–H and O–H groups in total. The molecular weight excluding hydrogens is 244 g/mol. The maximum atomic E-state index is 9.94. The third-order valence-corrected chi connectivity index (χ3v) is 3.49. The van der Waals surface area contributed by atoms with E-state index in [1.54, 1.807) is 0 Å². The van der Waals surface area contributed by atoms with Crippen molar-refractivity contribution in [2.24, 2.45) is 17.6 Å². The molecule has 6 heteroatoms. The fourth-order valence-corrected chi connectivity index (χ4v) is 2.56. The largest absolute Gasteiger partial charge is 0.330 e. The Bertz CT molecular complexity index is 209. The smallest absolute Gasteiger partial charge is 0.294 e. The van der Waals surface area contributed by atoms with Crippen LogP contribution in [0.4, 0.5) is 0 Å². The van der Waals surface area contributed by atoms with Gasteiger partial charge in [-0.3, -0.25) is 0 Å². The van der Waals surface area contributed by atoms with Gasteiger partial charge in [0, 0.05) is 0 Å². The van der Waals surface area contributed by atoms with Gasteiger partial charge in [0.1, 0.15) is 0 Å². The Balaban J connectivity index is 0.00000256. The Hall–Kier alpha value is -0.550. The Morgan fingerprint density at radius 2 is 1.71 bits per heavy atom. The summed E-state index contributed by atoms with van der Waals surface area (Å²) >= 11 is 0. The van der Waals surface area contributed by atoms with Crippen LogP contribution in [-0.4, -0.2) is 18.2 Å². The molecule has 0 aromatic rings. The molecule has 0 atom stereocenters. The number of nitrogens with two attached hydrogens (primary N) is 1. The van der Waals surface area contributed by atoms with Crippen molar-refractivity contribution in [1.82, 2.24) is 0 Å². The van der Waals surface area contributed by atoms with E-state index < -0.39 is 5.09 Å². The highest BCUT2D eigenvalue weighted by Gasteiger charge is 2.20. The van der Waals surface area contributed by atoms with Gasteiger partial charge in [0.15, 0.2) is 0 Å². The standard InChI is InChI=1S/C11H22N2O3.ClH/c12-8-7-11-5-3-10(4-6-11)2-1-9-16-13(14)15;/h10-11H,1-9,12H2;1H. The lowest BCUT2D eigenvalue weighted by Gasteiger charge is -2.28. The number of hydrogen-bond donors (Lipinski definition) is 1. The summed E-state index contributed by atoms with van der Waals surface area (Å²) in [6.45, 7) is 1.04. The van der Waals surface area contributed by atoms with Crippen LogP contribution in [0.15, 0.2) is 0 Å². The van der Waals surface area contributed by atoms with Crippen LogP contribution in [0, 0.1) is 22.0 Å². The number of halogens is 1. The van der Waals surface area contributed by atoms with Gasteiger partial charge in [-0.05, 0) is 37.6 Å². The van der Waals surface area contributed by atoms with E-state index in [1.165, 1.54) is 25.7 Å². The first-order valence-electron chi connectivity index (χ1n) is 6.19. The third-order valence-electron chi connectivity index (χ3n) is 3.49. The zero-order chi connectivity index (χ0) is 11.8. The molecule has 1 saturated carbocycles. The van der Waals surface area contributed by atoms with E-state index in [2.05, 4.69) is 4.84 Å². The maximum Gasteiger partial charge on any atom is 0.294 e. The van der Waals surface area contributed by atoms with Crippen molar-refractivity contribution in [2.75, 3.05) is 13.2 Å². The lowest BCUT2D eigenvalue weighted by Crippen LogP contribution is -2.17. The molecule has 0 radical (unpaired) electrons. The molecule has 5 nitrogen and oxygen atoms in total. The minimum absolute atomic E-state index is 0. The number of nitrogens with zero attached hydrogens (tertiary/aromatic N) is 1. The molecule has 0 amide bonds. The van der Waals surface area contributed by atoms with Crippen molar-refractivity contribution in [1.29, 1.82) is 0 Å². The van der Waals surface area contributed by atoms with E-state index in [1.807, 2.05) is 0 Å².